The van der Waals surface area contributed by atoms with Gasteiger partial charge in [-0.25, -0.2) is 9.78 Å². The fraction of sp³-hybridized carbons (Fsp3) is 0.636. The average molecular weight is 223 g/mol. The third kappa shape index (κ3) is 1.95. The third-order valence-corrected chi connectivity index (χ3v) is 3.07. The summed E-state index contributed by atoms with van der Waals surface area (Å²) in [4.78, 5) is 15.6. The minimum atomic E-state index is -0.315. The van der Waals surface area contributed by atoms with Gasteiger partial charge in [0.15, 0.2) is 0 Å². The number of rotatable bonds is 3. The molecule has 0 bridgehead atoms. The van der Waals surface area contributed by atoms with Gasteiger partial charge in [0.25, 0.3) is 0 Å². The largest absolute Gasteiger partial charge is 0.467 e. The average Bonchev–Trinajstić information content (AvgIpc) is 2.95. The van der Waals surface area contributed by atoms with Crippen LogP contribution in [0.4, 0.5) is 0 Å². The van der Waals surface area contributed by atoms with Crippen molar-refractivity contribution in [2.24, 2.45) is 0 Å². The number of hydrogen-bond donors (Lipinski definition) is 1. The highest BCUT2D eigenvalue weighted by molar-refractivity contribution is 5.73. The van der Waals surface area contributed by atoms with Gasteiger partial charge in [-0.2, -0.15) is 0 Å². The summed E-state index contributed by atoms with van der Waals surface area (Å²) >= 11 is 0. The summed E-state index contributed by atoms with van der Waals surface area (Å²) in [6, 6.07) is -0.000457. The van der Waals surface area contributed by atoms with Crippen LogP contribution in [0.25, 0.3) is 0 Å². The fourth-order valence-electron chi connectivity index (χ4n) is 2.13. The van der Waals surface area contributed by atoms with Crippen LogP contribution in [0.15, 0.2) is 12.5 Å². The topological polar surface area (TPSA) is 56.2 Å². The Bertz CT molecular complexity index is 369. The Morgan fingerprint density at radius 3 is 3.19 bits per heavy atom. The Balaban J connectivity index is 2.21. The molecule has 88 valence electrons. The number of esters is 1. The summed E-state index contributed by atoms with van der Waals surface area (Å²) in [6.45, 7) is 2.86. The second-order valence-corrected chi connectivity index (χ2v) is 4.07. The zero-order valence-electron chi connectivity index (χ0n) is 9.64. The molecule has 2 unspecified atom stereocenters. The molecule has 0 spiro atoms. The second-order valence-electron chi connectivity index (χ2n) is 4.07. The second kappa shape index (κ2) is 4.65. The Kier molecular flexibility index (Phi) is 3.24. The molecule has 0 amide bonds. The Morgan fingerprint density at radius 1 is 1.75 bits per heavy atom. The van der Waals surface area contributed by atoms with Crippen molar-refractivity contribution in [3.63, 3.8) is 0 Å². The zero-order valence-corrected chi connectivity index (χ0v) is 9.64. The maximum absolute atomic E-state index is 11.5. The van der Waals surface area contributed by atoms with E-state index in [2.05, 4.69) is 10.3 Å². The van der Waals surface area contributed by atoms with Gasteiger partial charge in [-0.05, 0) is 26.3 Å². The fourth-order valence-corrected chi connectivity index (χ4v) is 2.13. The third-order valence-electron chi connectivity index (χ3n) is 3.07. The molecule has 0 aromatic carbocycles. The number of methoxy groups -OCH3 is 1. The lowest BCUT2D eigenvalue weighted by atomic mass is 10.1. The van der Waals surface area contributed by atoms with E-state index in [1.807, 2.05) is 17.7 Å². The molecule has 1 aliphatic heterocycles. The SMILES string of the molecule is COC(=O)C(C)n1cncc1C1CCCN1. The molecule has 0 radical (unpaired) electrons. The lowest BCUT2D eigenvalue weighted by molar-refractivity contribution is -0.144. The highest BCUT2D eigenvalue weighted by Crippen LogP contribution is 2.25. The quantitative estimate of drug-likeness (QED) is 0.778. The van der Waals surface area contributed by atoms with Crippen LogP contribution < -0.4 is 5.32 Å². The molecular formula is C11H17N3O2. The van der Waals surface area contributed by atoms with Crippen LogP contribution in [-0.4, -0.2) is 29.2 Å². The minimum absolute atomic E-state index is 0.239. The van der Waals surface area contributed by atoms with Gasteiger partial charge < -0.3 is 14.6 Å². The van der Waals surface area contributed by atoms with E-state index in [1.165, 1.54) is 13.5 Å². The number of ether oxygens (including phenoxy) is 1. The van der Waals surface area contributed by atoms with Crippen molar-refractivity contribution in [2.75, 3.05) is 13.7 Å². The van der Waals surface area contributed by atoms with E-state index < -0.39 is 0 Å². The van der Waals surface area contributed by atoms with Crippen molar-refractivity contribution >= 4 is 5.97 Å². The van der Waals surface area contributed by atoms with Crippen LogP contribution in [0.2, 0.25) is 0 Å². The Hall–Kier alpha value is -1.36. The molecular weight excluding hydrogens is 206 g/mol. The standard InChI is InChI=1S/C11H17N3O2/c1-8(11(15)16-2)14-7-12-6-10(14)9-4-3-5-13-9/h6-9,13H,3-5H2,1-2H3. The van der Waals surface area contributed by atoms with Crippen LogP contribution in [0.5, 0.6) is 0 Å². The molecule has 1 N–H and O–H groups in total. The lowest BCUT2D eigenvalue weighted by Gasteiger charge is -2.17. The first-order valence-corrected chi connectivity index (χ1v) is 5.57. The van der Waals surface area contributed by atoms with Crippen molar-refractivity contribution < 1.29 is 9.53 Å². The molecule has 0 aliphatic carbocycles. The number of carbonyl (C=O) groups is 1. The molecule has 1 aromatic rings. The van der Waals surface area contributed by atoms with Gasteiger partial charge in [-0.15, -0.1) is 0 Å². The molecule has 16 heavy (non-hydrogen) atoms. The molecule has 1 aliphatic rings. The van der Waals surface area contributed by atoms with E-state index in [4.69, 9.17) is 4.74 Å². The Labute approximate surface area is 94.8 Å². The van der Waals surface area contributed by atoms with Crippen molar-refractivity contribution in [2.45, 2.75) is 31.8 Å². The van der Waals surface area contributed by atoms with E-state index in [0.29, 0.717) is 6.04 Å². The Morgan fingerprint density at radius 2 is 2.56 bits per heavy atom. The first-order chi connectivity index (χ1) is 7.74. The molecule has 2 rings (SSSR count). The van der Waals surface area contributed by atoms with E-state index in [-0.39, 0.29) is 12.0 Å². The first kappa shape index (κ1) is 11.1. The predicted octanol–water partition coefficient (Wildman–Crippen LogP) is 1.04. The maximum Gasteiger partial charge on any atom is 0.328 e. The molecule has 1 saturated heterocycles. The summed E-state index contributed by atoms with van der Waals surface area (Å²) < 4.78 is 6.63. The van der Waals surface area contributed by atoms with Crippen molar-refractivity contribution in [3.8, 4) is 0 Å². The molecule has 1 fully saturated rings. The number of carbonyl (C=O) groups excluding carboxylic acids is 1. The summed E-state index contributed by atoms with van der Waals surface area (Å²) in [6.07, 6.45) is 5.78. The molecule has 0 saturated carbocycles. The van der Waals surface area contributed by atoms with Gasteiger partial charge in [0.1, 0.15) is 6.04 Å². The molecule has 1 aromatic heterocycles. The number of hydrogen-bond acceptors (Lipinski definition) is 4. The molecule has 2 heterocycles. The van der Waals surface area contributed by atoms with Gasteiger partial charge in [0.05, 0.1) is 19.1 Å². The summed E-state index contributed by atoms with van der Waals surface area (Å²) in [7, 11) is 1.41. The van der Waals surface area contributed by atoms with E-state index in [9.17, 15) is 4.79 Å². The van der Waals surface area contributed by atoms with E-state index >= 15 is 0 Å². The minimum Gasteiger partial charge on any atom is -0.467 e. The molecule has 2 atom stereocenters. The lowest BCUT2D eigenvalue weighted by Crippen LogP contribution is -2.23. The maximum atomic E-state index is 11.5. The number of nitrogens with zero attached hydrogens (tertiary/aromatic N) is 2. The smallest absolute Gasteiger partial charge is 0.328 e. The van der Waals surface area contributed by atoms with E-state index in [1.54, 1.807) is 6.33 Å². The highest BCUT2D eigenvalue weighted by Gasteiger charge is 2.24. The van der Waals surface area contributed by atoms with Gasteiger partial charge >= 0.3 is 5.97 Å². The monoisotopic (exact) mass is 223 g/mol. The summed E-state index contributed by atoms with van der Waals surface area (Å²) in [5, 5.41) is 3.40. The number of aromatic nitrogens is 2. The van der Waals surface area contributed by atoms with Crippen molar-refractivity contribution in [3.05, 3.63) is 18.2 Å². The predicted molar refractivity (Wildman–Crippen MR) is 58.9 cm³/mol. The number of imidazole rings is 1. The zero-order chi connectivity index (χ0) is 11.5. The molecule has 5 nitrogen and oxygen atoms in total. The van der Waals surface area contributed by atoms with Crippen LogP contribution in [-0.2, 0) is 9.53 Å². The summed E-state index contributed by atoms with van der Waals surface area (Å²) in [5.74, 6) is -0.239. The highest BCUT2D eigenvalue weighted by atomic mass is 16.5. The van der Waals surface area contributed by atoms with Crippen LogP contribution in [0, 0.1) is 0 Å². The van der Waals surface area contributed by atoms with E-state index in [0.717, 1.165) is 18.7 Å². The summed E-state index contributed by atoms with van der Waals surface area (Å²) in [5.41, 5.74) is 1.07. The van der Waals surface area contributed by atoms with Crippen molar-refractivity contribution in [1.82, 2.24) is 14.9 Å². The molecule has 5 heteroatoms. The van der Waals surface area contributed by atoms with Gasteiger partial charge in [-0.1, -0.05) is 0 Å². The number of nitrogens with one attached hydrogen (secondary N) is 1. The van der Waals surface area contributed by atoms with Gasteiger partial charge in [0, 0.05) is 12.2 Å². The van der Waals surface area contributed by atoms with Gasteiger partial charge in [-0.3, -0.25) is 0 Å². The van der Waals surface area contributed by atoms with Crippen molar-refractivity contribution in [1.29, 1.82) is 0 Å². The normalized spacial score (nSPS) is 22.0. The first-order valence-electron chi connectivity index (χ1n) is 5.57. The van der Waals surface area contributed by atoms with Gasteiger partial charge in [0.2, 0.25) is 0 Å². The van der Waals surface area contributed by atoms with Crippen LogP contribution in [0.1, 0.15) is 37.5 Å². The van der Waals surface area contributed by atoms with Crippen LogP contribution >= 0.6 is 0 Å². The van der Waals surface area contributed by atoms with Crippen LogP contribution in [0.3, 0.4) is 0 Å².